The molecule has 132 valence electrons. The highest BCUT2D eigenvalue weighted by Gasteiger charge is 2.10. The van der Waals surface area contributed by atoms with E-state index in [1.54, 1.807) is 42.5 Å². The second-order valence-electron chi connectivity index (χ2n) is 5.07. The van der Waals surface area contributed by atoms with E-state index in [4.69, 9.17) is 21.1 Å². The molecule has 0 aliphatic rings. The van der Waals surface area contributed by atoms with E-state index >= 15 is 0 Å². The molecule has 0 aliphatic heterocycles. The maximum atomic E-state index is 13.4. The summed E-state index contributed by atoms with van der Waals surface area (Å²) in [6, 6.07) is 13.0. The molecule has 5 nitrogen and oxygen atoms in total. The minimum atomic E-state index is -0.691. The minimum absolute atomic E-state index is 0.243. The quantitative estimate of drug-likeness (QED) is 0.731. The van der Waals surface area contributed by atoms with Crippen LogP contribution in [0.5, 0.6) is 5.75 Å². The highest BCUT2D eigenvalue weighted by molar-refractivity contribution is 6.32. The Hall–Kier alpha value is -2.60. The van der Waals surface area contributed by atoms with Gasteiger partial charge in [-0.15, -0.1) is 0 Å². The predicted molar refractivity (Wildman–Crippen MR) is 91.0 cm³/mol. The lowest BCUT2D eigenvalue weighted by Gasteiger charge is -2.09. The van der Waals surface area contributed by atoms with Crippen molar-refractivity contribution in [2.24, 2.45) is 0 Å². The molecule has 0 aliphatic carbocycles. The van der Waals surface area contributed by atoms with Gasteiger partial charge in [-0.1, -0.05) is 41.9 Å². The summed E-state index contributed by atoms with van der Waals surface area (Å²) in [4.78, 5) is 23.2. The van der Waals surface area contributed by atoms with E-state index in [9.17, 15) is 14.0 Å². The molecule has 2 rings (SSSR count). The third-order valence-electron chi connectivity index (χ3n) is 3.22. The van der Waals surface area contributed by atoms with Gasteiger partial charge in [-0.25, -0.2) is 9.18 Å². The van der Waals surface area contributed by atoms with Crippen LogP contribution < -0.4 is 10.1 Å². The van der Waals surface area contributed by atoms with Crippen molar-refractivity contribution in [2.75, 3.05) is 19.8 Å². The number of ether oxygens (including phenoxy) is 2. The van der Waals surface area contributed by atoms with Gasteiger partial charge < -0.3 is 14.8 Å². The molecule has 0 spiro atoms. The van der Waals surface area contributed by atoms with Crippen LogP contribution in [0.15, 0.2) is 48.5 Å². The predicted octanol–water partition coefficient (Wildman–Crippen LogP) is 2.76. The molecular weight excluding hydrogens is 349 g/mol. The Kier molecular flexibility index (Phi) is 7.22. The first-order chi connectivity index (χ1) is 12.1. The lowest BCUT2D eigenvalue weighted by Crippen LogP contribution is -2.31. The molecular formula is C18H17ClFNO4. The average molecular weight is 366 g/mol. The number of rotatable bonds is 8. The number of carbonyl (C=O) groups is 2. The average Bonchev–Trinajstić information content (AvgIpc) is 2.61. The zero-order valence-electron chi connectivity index (χ0n) is 13.3. The second kappa shape index (κ2) is 9.64. The highest BCUT2D eigenvalue weighted by Crippen LogP contribution is 2.22. The molecule has 0 aromatic heterocycles. The van der Waals surface area contributed by atoms with Crippen LogP contribution in [-0.4, -0.2) is 31.6 Å². The normalized spacial score (nSPS) is 10.2. The minimum Gasteiger partial charge on any atom is -0.480 e. The SMILES string of the molecule is O=C(COC(=O)COc1ccccc1Cl)NCCc1ccccc1F. The van der Waals surface area contributed by atoms with Crippen LogP contribution in [0, 0.1) is 5.82 Å². The number of carbonyl (C=O) groups excluding carboxylic acids is 2. The van der Waals surface area contributed by atoms with E-state index in [0.717, 1.165) is 0 Å². The van der Waals surface area contributed by atoms with E-state index in [1.807, 2.05) is 0 Å². The molecule has 7 heteroatoms. The fraction of sp³-hybridized carbons (Fsp3) is 0.222. The van der Waals surface area contributed by atoms with Crippen LogP contribution in [0.2, 0.25) is 5.02 Å². The molecule has 1 N–H and O–H groups in total. The van der Waals surface area contributed by atoms with Crippen LogP contribution in [-0.2, 0) is 20.7 Å². The molecule has 2 aromatic carbocycles. The summed E-state index contributed by atoms with van der Waals surface area (Å²) < 4.78 is 23.4. The topological polar surface area (TPSA) is 64.6 Å². The molecule has 0 unspecified atom stereocenters. The Morgan fingerprint density at radius 3 is 2.52 bits per heavy atom. The Bertz CT molecular complexity index is 739. The van der Waals surface area contributed by atoms with E-state index in [-0.39, 0.29) is 19.0 Å². The van der Waals surface area contributed by atoms with Crippen LogP contribution >= 0.6 is 11.6 Å². The van der Waals surface area contributed by atoms with Gasteiger partial charge in [0.05, 0.1) is 5.02 Å². The zero-order chi connectivity index (χ0) is 18.1. The molecule has 0 saturated heterocycles. The van der Waals surface area contributed by atoms with Gasteiger partial charge in [-0.2, -0.15) is 0 Å². The number of esters is 1. The Morgan fingerprint density at radius 2 is 1.76 bits per heavy atom. The van der Waals surface area contributed by atoms with Crippen molar-refractivity contribution in [1.29, 1.82) is 0 Å². The van der Waals surface area contributed by atoms with Gasteiger partial charge in [-0.05, 0) is 30.2 Å². The Balaban J connectivity index is 1.63. The summed E-state index contributed by atoms with van der Waals surface area (Å²) in [5, 5.41) is 2.93. The number of hydrogen-bond acceptors (Lipinski definition) is 4. The molecule has 0 fully saturated rings. The van der Waals surface area contributed by atoms with Crippen molar-refractivity contribution in [3.63, 3.8) is 0 Å². The molecule has 0 heterocycles. The summed E-state index contributed by atoms with van der Waals surface area (Å²) in [6.45, 7) is -0.540. The molecule has 0 bridgehead atoms. The number of benzene rings is 2. The van der Waals surface area contributed by atoms with Crippen molar-refractivity contribution < 1.29 is 23.5 Å². The van der Waals surface area contributed by atoms with Gasteiger partial charge >= 0.3 is 5.97 Å². The van der Waals surface area contributed by atoms with Crippen LogP contribution in [0.25, 0.3) is 0 Å². The van der Waals surface area contributed by atoms with Gasteiger partial charge in [0, 0.05) is 6.54 Å². The first-order valence-electron chi connectivity index (χ1n) is 7.59. The summed E-state index contributed by atoms with van der Waals surface area (Å²) in [5.74, 6) is -1.12. The standard InChI is InChI=1S/C18H17ClFNO4/c19-14-6-2-4-8-16(14)24-12-18(23)25-11-17(22)21-10-9-13-5-1-3-7-15(13)20/h1-8H,9-12H2,(H,21,22). The Morgan fingerprint density at radius 1 is 1.04 bits per heavy atom. The van der Waals surface area contributed by atoms with Gasteiger partial charge in [0.1, 0.15) is 11.6 Å². The maximum absolute atomic E-state index is 13.4. The largest absolute Gasteiger partial charge is 0.480 e. The summed E-state index contributed by atoms with van der Waals surface area (Å²) in [5.41, 5.74) is 0.507. The van der Waals surface area contributed by atoms with Crippen LogP contribution in [0.1, 0.15) is 5.56 Å². The molecule has 0 atom stereocenters. The first kappa shape index (κ1) is 18.7. The van der Waals surface area contributed by atoms with Crippen molar-refractivity contribution in [3.8, 4) is 5.75 Å². The van der Waals surface area contributed by atoms with Crippen molar-refractivity contribution in [3.05, 3.63) is 64.9 Å². The zero-order valence-corrected chi connectivity index (χ0v) is 14.1. The van der Waals surface area contributed by atoms with Crippen molar-refractivity contribution in [1.82, 2.24) is 5.32 Å². The fourth-order valence-electron chi connectivity index (χ4n) is 1.97. The monoisotopic (exact) mass is 365 g/mol. The molecule has 0 saturated carbocycles. The van der Waals surface area contributed by atoms with E-state index in [2.05, 4.69) is 5.32 Å². The Labute approximate surface area is 149 Å². The number of halogens is 2. The number of amides is 1. The maximum Gasteiger partial charge on any atom is 0.344 e. The summed E-state index contributed by atoms with van der Waals surface area (Å²) in [7, 11) is 0. The van der Waals surface area contributed by atoms with Crippen molar-refractivity contribution >= 4 is 23.5 Å². The molecule has 1 amide bonds. The van der Waals surface area contributed by atoms with E-state index in [0.29, 0.717) is 22.8 Å². The van der Waals surface area contributed by atoms with Crippen LogP contribution in [0.4, 0.5) is 4.39 Å². The summed E-state index contributed by atoms with van der Waals surface area (Å²) in [6.07, 6.45) is 0.349. The lowest BCUT2D eigenvalue weighted by atomic mass is 10.1. The van der Waals surface area contributed by atoms with Crippen molar-refractivity contribution in [2.45, 2.75) is 6.42 Å². The molecule has 25 heavy (non-hydrogen) atoms. The first-order valence-corrected chi connectivity index (χ1v) is 7.97. The number of hydrogen-bond donors (Lipinski definition) is 1. The van der Waals surface area contributed by atoms with Gasteiger partial charge in [0.25, 0.3) is 5.91 Å². The number of para-hydroxylation sites is 1. The lowest BCUT2D eigenvalue weighted by molar-refractivity contribution is -0.150. The van der Waals surface area contributed by atoms with Gasteiger partial charge in [0.2, 0.25) is 0 Å². The third kappa shape index (κ3) is 6.43. The van der Waals surface area contributed by atoms with E-state index in [1.165, 1.54) is 6.07 Å². The molecule has 2 aromatic rings. The second-order valence-corrected chi connectivity index (χ2v) is 5.48. The smallest absolute Gasteiger partial charge is 0.344 e. The fourth-order valence-corrected chi connectivity index (χ4v) is 2.17. The molecule has 0 radical (unpaired) electrons. The third-order valence-corrected chi connectivity index (χ3v) is 3.53. The number of nitrogens with one attached hydrogen (secondary N) is 1. The van der Waals surface area contributed by atoms with Crippen LogP contribution in [0.3, 0.4) is 0 Å². The summed E-state index contributed by atoms with van der Waals surface area (Å²) >= 11 is 5.89. The van der Waals surface area contributed by atoms with Gasteiger partial charge in [0.15, 0.2) is 13.2 Å². The highest BCUT2D eigenvalue weighted by atomic mass is 35.5. The van der Waals surface area contributed by atoms with Gasteiger partial charge in [-0.3, -0.25) is 4.79 Å². The van der Waals surface area contributed by atoms with E-state index < -0.39 is 18.5 Å².